The van der Waals surface area contributed by atoms with Gasteiger partial charge in [-0.25, -0.2) is 0 Å². The van der Waals surface area contributed by atoms with Crippen LogP contribution in [-0.2, 0) is 0 Å². The molecular formula is C8H15ClF3N. The predicted molar refractivity (Wildman–Crippen MR) is 48.1 cm³/mol. The van der Waals surface area contributed by atoms with Crippen molar-refractivity contribution in [2.24, 2.45) is 5.92 Å². The Hall–Kier alpha value is 0.0400. The molecule has 0 aliphatic carbocycles. The Kier molecular flexibility index (Phi) is 4.52. The fourth-order valence-electron chi connectivity index (χ4n) is 1.87. The van der Waals surface area contributed by atoms with Gasteiger partial charge in [-0.2, -0.15) is 13.2 Å². The molecule has 1 fully saturated rings. The molecule has 1 aliphatic rings. The largest absolute Gasteiger partial charge is 0.389 e. The molecule has 1 N–H and O–H groups in total. The Labute approximate surface area is 82.5 Å². The highest BCUT2D eigenvalue weighted by Crippen LogP contribution is 2.32. The SMILES string of the molecule is C[C@@H]1CC(CC(F)(F)F)[C@H](C)N1.Cl. The van der Waals surface area contributed by atoms with Crippen molar-refractivity contribution < 1.29 is 13.2 Å². The highest BCUT2D eigenvalue weighted by molar-refractivity contribution is 5.85. The molecule has 1 saturated heterocycles. The van der Waals surface area contributed by atoms with Gasteiger partial charge >= 0.3 is 6.18 Å². The van der Waals surface area contributed by atoms with Gasteiger partial charge in [0.05, 0.1) is 0 Å². The van der Waals surface area contributed by atoms with Crippen LogP contribution in [0.1, 0.15) is 26.7 Å². The van der Waals surface area contributed by atoms with E-state index >= 15 is 0 Å². The minimum Gasteiger partial charge on any atom is -0.311 e. The molecule has 1 aliphatic heterocycles. The number of nitrogens with one attached hydrogen (secondary N) is 1. The van der Waals surface area contributed by atoms with E-state index in [-0.39, 0.29) is 30.4 Å². The number of hydrogen-bond donors (Lipinski definition) is 1. The molecule has 13 heavy (non-hydrogen) atoms. The van der Waals surface area contributed by atoms with Gasteiger partial charge in [-0.05, 0) is 26.2 Å². The molecule has 1 nitrogen and oxygen atoms in total. The first-order valence-corrected chi connectivity index (χ1v) is 4.21. The van der Waals surface area contributed by atoms with Crippen molar-refractivity contribution in [3.05, 3.63) is 0 Å². The summed E-state index contributed by atoms with van der Waals surface area (Å²) in [5.74, 6) is -0.236. The van der Waals surface area contributed by atoms with Crippen molar-refractivity contribution >= 4 is 12.4 Å². The van der Waals surface area contributed by atoms with Crippen LogP contribution >= 0.6 is 12.4 Å². The summed E-state index contributed by atoms with van der Waals surface area (Å²) in [5.41, 5.74) is 0. The van der Waals surface area contributed by atoms with Crippen LogP contribution < -0.4 is 5.32 Å². The van der Waals surface area contributed by atoms with E-state index in [4.69, 9.17) is 0 Å². The van der Waals surface area contributed by atoms with E-state index in [0.717, 1.165) is 0 Å². The van der Waals surface area contributed by atoms with Crippen molar-refractivity contribution in [2.45, 2.75) is 44.9 Å². The second kappa shape index (κ2) is 4.51. The van der Waals surface area contributed by atoms with E-state index in [2.05, 4.69) is 5.32 Å². The molecule has 0 bridgehead atoms. The van der Waals surface area contributed by atoms with Crippen molar-refractivity contribution in [3.8, 4) is 0 Å². The van der Waals surface area contributed by atoms with E-state index < -0.39 is 12.6 Å². The maximum atomic E-state index is 12.0. The fraction of sp³-hybridized carbons (Fsp3) is 1.00. The summed E-state index contributed by atoms with van der Waals surface area (Å²) >= 11 is 0. The second-order valence-electron chi connectivity index (χ2n) is 3.67. The Morgan fingerprint density at radius 3 is 2.15 bits per heavy atom. The van der Waals surface area contributed by atoms with Gasteiger partial charge in [0.2, 0.25) is 0 Å². The van der Waals surface area contributed by atoms with Gasteiger partial charge in [-0.3, -0.25) is 0 Å². The standard InChI is InChI=1S/C8H14F3N.ClH/c1-5-3-7(6(2)12-5)4-8(9,10)11;/h5-7,12H,3-4H2,1-2H3;1H/t5-,6+,7?;/m1./s1. The molecule has 0 aromatic rings. The van der Waals surface area contributed by atoms with Crippen LogP contribution in [0.15, 0.2) is 0 Å². The van der Waals surface area contributed by atoms with Crippen LogP contribution in [0.2, 0.25) is 0 Å². The number of halogens is 4. The minimum atomic E-state index is -4.01. The first-order valence-electron chi connectivity index (χ1n) is 4.21. The molecule has 3 atom stereocenters. The molecule has 0 aromatic carbocycles. The van der Waals surface area contributed by atoms with Gasteiger partial charge in [-0.15, -0.1) is 12.4 Å². The van der Waals surface area contributed by atoms with Gasteiger partial charge in [0, 0.05) is 18.5 Å². The molecule has 0 amide bonds. The zero-order valence-electron chi connectivity index (χ0n) is 7.69. The molecule has 1 heterocycles. The van der Waals surface area contributed by atoms with Crippen LogP contribution in [0.5, 0.6) is 0 Å². The Morgan fingerprint density at radius 1 is 1.31 bits per heavy atom. The third kappa shape index (κ3) is 4.18. The van der Waals surface area contributed by atoms with Gasteiger partial charge in [0.1, 0.15) is 0 Å². The van der Waals surface area contributed by atoms with Crippen molar-refractivity contribution in [3.63, 3.8) is 0 Å². The van der Waals surface area contributed by atoms with Gasteiger partial charge in [0.25, 0.3) is 0 Å². The third-order valence-electron chi connectivity index (χ3n) is 2.40. The summed E-state index contributed by atoms with van der Waals surface area (Å²) in [5, 5.41) is 3.09. The van der Waals surface area contributed by atoms with Crippen LogP contribution in [0.25, 0.3) is 0 Å². The molecule has 0 saturated carbocycles. The zero-order valence-corrected chi connectivity index (χ0v) is 8.50. The summed E-state index contributed by atoms with van der Waals surface area (Å²) in [6, 6.07) is 0.231. The molecule has 5 heteroatoms. The molecule has 80 valence electrons. The van der Waals surface area contributed by atoms with Crippen molar-refractivity contribution in [1.82, 2.24) is 5.32 Å². The van der Waals surface area contributed by atoms with E-state index in [1.165, 1.54) is 0 Å². The number of alkyl halides is 3. The first kappa shape index (κ1) is 13.0. The summed E-state index contributed by atoms with van der Waals surface area (Å²) in [4.78, 5) is 0. The highest BCUT2D eigenvalue weighted by atomic mass is 35.5. The van der Waals surface area contributed by atoms with Gasteiger partial charge < -0.3 is 5.32 Å². The number of hydrogen-bond acceptors (Lipinski definition) is 1. The lowest BCUT2D eigenvalue weighted by Crippen LogP contribution is -2.28. The lowest BCUT2D eigenvalue weighted by atomic mass is 9.96. The van der Waals surface area contributed by atoms with Crippen LogP contribution in [-0.4, -0.2) is 18.3 Å². The maximum absolute atomic E-state index is 12.0. The lowest BCUT2D eigenvalue weighted by Gasteiger charge is -2.16. The molecule has 0 aromatic heterocycles. The summed E-state index contributed by atoms with van der Waals surface area (Å²) in [6.45, 7) is 3.74. The van der Waals surface area contributed by atoms with Crippen LogP contribution in [0, 0.1) is 5.92 Å². The second-order valence-corrected chi connectivity index (χ2v) is 3.67. The van der Waals surface area contributed by atoms with E-state index in [1.807, 2.05) is 13.8 Å². The Morgan fingerprint density at radius 2 is 1.85 bits per heavy atom. The fourth-order valence-corrected chi connectivity index (χ4v) is 1.87. The predicted octanol–water partition coefficient (Wildman–Crippen LogP) is 2.75. The van der Waals surface area contributed by atoms with Crippen molar-refractivity contribution in [2.75, 3.05) is 0 Å². The van der Waals surface area contributed by atoms with E-state index in [1.54, 1.807) is 0 Å². The van der Waals surface area contributed by atoms with E-state index in [9.17, 15) is 13.2 Å². The quantitative estimate of drug-likeness (QED) is 0.712. The van der Waals surface area contributed by atoms with Crippen LogP contribution in [0.3, 0.4) is 0 Å². The summed E-state index contributed by atoms with van der Waals surface area (Å²) in [6.07, 6.45) is -4.02. The molecular weight excluding hydrogens is 203 g/mol. The molecule has 0 spiro atoms. The molecule has 0 radical (unpaired) electrons. The Bertz CT molecular complexity index is 160. The highest BCUT2D eigenvalue weighted by Gasteiger charge is 2.38. The molecule has 1 rings (SSSR count). The summed E-state index contributed by atoms with van der Waals surface area (Å²) in [7, 11) is 0. The smallest absolute Gasteiger partial charge is 0.311 e. The average molecular weight is 218 g/mol. The minimum absolute atomic E-state index is 0. The average Bonchev–Trinajstić information content (AvgIpc) is 2.06. The first-order chi connectivity index (χ1) is 5.38. The molecule has 1 unspecified atom stereocenters. The van der Waals surface area contributed by atoms with Gasteiger partial charge in [0.15, 0.2) is 0 Å². The van der Waals surface area contributed by atoms with Gasteiger partial charge in [-0.1, -0.05) is 0 Å². The maximum Gasteiger partial charge on any atom is 0.389 e. The normalized spacial score (nSPS) is 34.4. The summed E-state index contributed by atoms with van der Waals surface area (Å²) < 4.78 is 35.9. The lowest BCUT2D eigenvalue weighted by molar-refractivity contribution is -0.144. The van der Waals surface area contributed by atoms with Crippen molar-refractivity contribution in [1.29, 1.82) is 0 Å². The monoisotopic (exact) mass is 217 g/mol. The Balaban J connectivity index is 0.00000144. The number of rotatable bonds is 1. The topological polar surface area (TPSA) is 12.0 Å². The van der Waals surface area contributed by atoms with E-state index in [0.29, 0.717) is 6.42 Å². The third-order valence-corrected chi connectivity index (χ3v) is 2.40. The van der Waals surface area contributed by atoms with Crippen LogP contribution in [0.4, 0.5) is 13.2 Å². The zero-order chi connectivity index (χ0) is 9.35.